The molecule has 0 aromatic heterocycles. The summed E-state index contributed by atoms with van der Waals surface area (Å²) in [4.78, 5) is 23.5. The molecule has 0 aliphatic heterocycles. The highest BCUT2D eigenvalue weighted by molar-refractivity contribution is 9.10. The van der Waals surface area contributed by atoms with Crippen molar-refractivity contribution in [3.05, 3.63) is 34.0 Å². The van der Waals surface area contributed by atoms with Crippen molar-refractivity contribution in [2.24, 2.45) is 0 Å². The molecule has 0 saturated heterocycles. The Kier molecular flexibility index (Phi) is 7.55. The number of imide groups is 1. The average Bonchev–Trinajstić information content (AvgIpc) is 2.51. The van der Waals surface area contributed by atoms with Crippen molar-refractivity contribution in [1.82, 2.24) is 5.32 Å². The molecular weight excluding hydrogens is 414 g/mol. The van der Waals surface area contributed by atoms with Gasteiger partial charge in [0.1, 0.15) is 5.75 Å². The number of halogens is 3. The first-order chi connectivity index (χ1) is 12.0. The lowest BCUT2D eigenvalue weighted by molar-refractivity contribution is -0.115. The fourth-order valence-electron chi connectivity index (χ4n) is 2.16. The van der Waals surface area contributed by atoms with Crippen molar-refractivity contribution in [1.29, 1.82) is 0 Å². The lowest BCUT2D eigenvalue weighted by Gasteiger charge is -2.26. The first-order valence-corrected chi connectivity index (χ1v) is 8.32. The van der Waals surface area contributed by atoms with Gasteiger partial charge in [0.2, 0.25) is 0 Å². The molecule has 26 heavy (non-hydrogen) atoms. The van der Waals surface area contributed by atoms with Crippen LogP contribution in [0.15, 0.2) is 22.9 Å². The molecule has 0 radical (unpaired) electrons. The van der Waals surface area contributed by atoms with Gasteiger partial charge in [-0.2, -0.15) is 0 Å². The standard InChI is InChI=1S/C17H21BrF2N2O4/c1-17(2,3)9-8-10(12(15(19)20)13(18)14(9)26-5)21-16(24)22-11(23)6-7-25-4/h6-8,15H,1-5H3,(H2,21,22,23,24)/b7-6+. The Morgan fingerprint density at radius 3 is 2.35 bits per heavy atom. The van der Waals surface area contributed by atoms with E-state index in [1.807, 2.05) is 26.1 Å². The molecule has 0 atom stereocenters. The number of benzene rings is 1. The van der Waals surface area contributed by atoms with Crippen molar-refractivity contribution in [2.75, 3.05) is 19.5 Å². The molecule has 0 spiro atoms. The number of anilines is 1. The molecule has 1 rings (SSSR count). The number of alkyl halides is 2. The molecule has 0 fully saturated rings. The zero-order chi connectivity index (χ0) is 20.1. The number of rotatable bonds is 5. The van der Waals surface area contributed by atoms with Crippen molar-refractivity contribution >= 4 is 33.6 Å². The summed E-state index contributed by atoms with van der Waals surface area (Å²) in [6.07, 6.45) is -0.820. The minimum absolute atomic E-state index is 0.0448. The Bertz CT molecular complexity index is 716. The summed E-state index contributed by atoms with van der Waals surface area (Å²) in [5.74, 6) is -0.496. The normalized spacial score (nSPS) is 11.6. The van der Waals surface area contributed by atoms with E-state index in [1.54, 1.807) is 0 Å². The molecule has 0 heterocycles. The summed E-state index contributed by atoms with van der Waals surface area (Å²) in [6, 6.07) is 0.467. The van der Waals surface area contributed by atoms with E-state index in [9.17, 15) is 18.4 Å². The van der Waals surface area contributed by atoms with Gasteiger partial charge in [0.05, 0.1) is 36.2 Å². The molecule has 6 nitrogen and oxygen atoms in total. The van der Waals surface area contributed by atoms with Crippen LogP contribution in [0.25, 0.3) is 0 Å². The van der Waals surface area contributed by atoms with E-state index in [-0.39, 0.29) is 15.9 Å². The van der Waals surface area contributed by atoms with E-state index in [0.29, 0.717) is 5.56 Å². The Morgan fingerprint density at radius 2 is 1.88 bits per heavy atom. The van der Waals surface area contributed by atoms with Crippen LogP contribution < -0.4 is 15.4 Å². The van der Waals surface area contributed by atoms with Crippen LogP contribution in [0.1, 0.15) is 38.3 Å². The number of methoxy groups -OCH3 is 2. The summed E-state index contributed by atoms with van der Waals surface area (Å²) in [6.45, 7) is 5.63. The molecule has 0 aliphatic rings. The predicted molar refractivity (Wildman–Crippen MR) is 97.7 cm³/mol. The van der Waals surface area contributed by atoms with Crippen LogP contribution in [-0.4, -0.2) is 26.2 Å². The summed E-state index contributed by atoms with van der Waals surface area (Å²) < 4.78 is 37.0. The number of hydrogen-bond donors (Lipinski definition) is 2. The lowest BCUT2D eigenvalue weighted by Crippen LogP contribution is -2.33. The minimum Gasteiger partial charge on any atom is -0.504 e. The molecule has 144 valence electrons. The van der Waals surface area contributed by atoms with Crippen LogP contribution in [0.2, 0.25) is 0 Å². The maximum absolute atomic E-state index is 13.6. The summed E-state index contributed by atoms with van der Waals surface area (Å²) in [7, 11) is 2.72. The lowest BCUT2D eigenvalue weighted by atomic mass is 9.85. The third kappa shape index (κ3) is 5.42. The van der Waals surface area contributed by atoms with Crippen LogP contribution in [0.5, 0.6) is 5.75 Å². The molecule has 1 aromatic carbocycles. The van der Waals surface area contributed by atoms with E-state index in [0.717, 1.165) is 12.3 Å². The average molecular weight is 435 g/mol. The Morgan fingerprint density at radius 1 is 1.27 bits per heavy atom. The number of hydrogen-bond acceptors (Lipinski definition) is 4. The van der Waals surface area contributed by atoms with E-state index < -0.39 is 29.3 Å². The fraction of sp³-hybridized carbons (Fsp3) is 0.412. The van der Waals surface area contributed by atoms with Gasteiger partial charge in [-0.15, -0.1) is 0 Å². The maximum Gasteiger partial charge on any atom is 0.326 e. The molecule has 0 bridgehead atoms. The van der Waals surface area contributed by atoms with E-state index in [4.69, 9.17) is 4.74 Å². The summed E-state index contributed by atoms with van der Waals surface area (Å²) in [5.41, 5.74) is -0.404. The number of urea groups is 1. The van der Waals surface area contributed by atoms with Gasteiger partial charge in [-0.1, -0.05) is 20.8 Å². The highest BCUT2D eigenvalue weighted by atomic mass is 79.9. The first-order valence-electron chi connectivity index (χ1n) is 7.53. The van der Waals surface area contributed by atoms with Crippen LogP contribution in [0.4, 0.5) is 19.3 Å². The van der Waals surface area contributed by atoms with Gasteiger partial charge in [-0.25, -0.2) is 13.6 Å². The number of nitrogens with one attached hydrogen (secondary N) is 2. The van der Waals surface area contributed by atoms with Gasteiger partial charge in [0.15, 0.2) is 0 Å². The molecule has 9 heteroatoms. The van der Waals surface area contributed by atoms with Crippen LogP contribution in [0, 0.1) is 0 Å². The zero-order valence-corrected chi connectivity index (χ0v) is 16.7. The molecule has 3 amide bonds. The minimum atomic E-state index is -2.88. The van der Waals surface area contributed by atoms with Crippen molar-refractivity contribution in [3.63, 3.8) is 0 Å². The highest BCUT2D eigenvalue weighted by Gasteiger charge is 2.29. The topological polar surface area (TPSA) is 76.7 Å². The quantitative estimate of drug-likeness (QED) is 0.528. The van der Waals surface area contributed by atoms with Crippen molar-refractivity contribution in [3.8, 4) is 5.75 Å². The Labute approximate surface area is 159 Å². The third-order valence-corrected chi connectivity index (χ3v) is 4.12. The van der Waals surface area contributed by atoms with Gasteiger partial charge >= 0.3 is 6.03 Å². The molecule has 1 aromatic rings. The van der Waals surface area contributed by atoms with Crippen LogP contribution >= 0.6 is 15.9 Å². The van der Waals surface area contributed by atoms with Crippen molar-refractivity contribution < 1.29 is 27.8 Å². The number of ether oxygens (including phenoxy) is 2. The maximum atomic E-state index is 13.6. The number of carbonyl (C=O) groups is 2. The molecule has 2 N–H and O–H groups in total. The van der Waals surface area contributed by atoms with E-state index in [1.165, 1.54) is 20.3 Å². The summed E-state index contributed by atoms with van der Waals surface area (Å²) in [5, 5.41) is 4.28. The predicted octanol–water partition coefficient (Wildman–Crippen LogP) is 4.50. The molecule has 0 saturated carbocycles. The van der Waals surface area contributed by atoms with E-state index in [2.05, 4.69) is 26.0 Å². The molecule has 0 unspecified atom stereocenters. The monoisotopic (exact) mass is 434 g/mol. The largest absolute Gasteiger partial charge is 0.504 e. The van der Waals surface area contributed by atoms with Crippen LogP contribution in [-0.2, 0) is 14.9 Å². The van der Waals surface area contributed by atoms with Gasteiger partial charge in [0.25, 0.3) is 12.3 Å². The second-order valence-corrected chi connectivity index (χ2v) is 7.06. The second-order valence-electron chi connectivity index (χ2n) is 6.27. The first kappa shape index (κ1) is 21.9. The SMILES string of the molecule is CO/C=C/C(=O)NC(=O)Nc1cc(C(C)(C)C)c(OC)c(Br)c1C(F)F. The highest BCUT2D eigenvalue weighted by Crippen LogP contribution is 2.45. The van der Waals surface area contributed by atoms with Gasteiger partial charge in [-0.05, 0) is 27.4 Å². The van der Waals surface area contributed by atoms with Gasteiger partial charge in [-0.3, -0.25) is 10.1 Å². The van der Waals surface area contributed by atoms with Crippen LogP contribution in [0.3, 0.4) is 0 Å². The zero-order valence-electron chi connectivity index (χ0n) is 15.1. The fourth-order valence-corrected chi connectivity index (χ4v) is 2.92. The van der Waals surface area contributed by atoms with Crippen molar-refractivity contribution in [2.45, 2.75) is 32.6 Å². The van der Waals surface area contributed by atoms with Gasteiger partial charge in [0, 0.05) is 11.6 Å². The summed E-state index contributed by atoms with van der Waals surface area (Å²) >= 11 is 3.14. The molecule has 0 aliphatic carbocycles. The Balaban J connectivity index is 3.32. The number of amides is 3. The smallest absolute Gasteiger partial charge is 0.326 e. The van der Waals surface area contributed by atoms with E-state index >= 15 is 0 Å². The third-order valence-electron chi connectivity index (χ3n) is 3.33. The Hall–Kier alpha value is -2.16. The number of carbonyl (C=O) groups excluding carboxylic acids is 2. The second kappa shape index (κ2) is 8.98. The van der Waals surface area contributed by atoms with Gasteiger partial charge < -0.3 is 14.8 Å². The molecular formula is C17H21BrF2N2O4.